The van der Waals surface area contributed by atoms with Crippen LogP contribution in [-0.4, -0.2) is 27.5 Å². The number of aromatic amines is 1. The van der Waals surface area contributed by atoms with E-state index in [1.54, 1.807) is 0 Å². The number of carbonyl (C=O) groups excluding carboxylic acids is 1. The molecule has 0 radical (unpaired) electrons. The number of aromatic nitrogens is 1. The maximum absolute atomic E-state index is 12.2. The molecule has 1 aromatic carbocycles. The standard InChI is InChI=1S/C19H24N2O3/c22-17(21-19(18(23)24)11-4-1-5-12-19)10-6-7-14-13-20-16-9-3-2-8-15(14)16/h2-3,8-9,13,20H,1,4-7,10-12H2,(H,21,22)(H,23,24). The molecule has 1 heterocycles. The highest BCUT2D eigenvalue weighted by atomic mass is 16.4. The van der Waals surface area contributed by atoms with Crippen LogP contribution in [-0.2, 0) is 16.0 Å². The average Bonchev–Trinajstić information content (AvgIpc) is 2.99. The minimum atomic E-state index is -1.05. The zero-order chi connectivity index (χ0) is 17.0. The normalized spacial score (nSPS) is 16.8. The van der Waals surface area contributed by atoms with Crippen LogP contribution in [0.1, 0.15) is 50.5 Å². The van der Waals surface area contributed by atoms with Gasteiger partial charge < -0.3 is 15.4 Å². The van der Waals surface area contributed by atoms with E-state index < -0.39 is 11.5 Å². The van der Waals surface area contributed by atoms with Crippen LogP contribution in [0.15, 0.2) is 30.5 Å². The van der Waals surface area contributed by atoms with Crippen LogP contribution in [0.2, 0.25) is 0 Å². The Balaban J connectivity index is 1.54. The van der Waals surface area contributed by atoms with Crippen molar-refractivity contribution in [3.05, 3.63) is 36.0 Å². The second kappa shape index (κ2) is 7.07. The van der Waals surface area contributed by atoms with Gasteiger partial charge in [0.15, 0.2) is 0 Å². The van der Waals surface area contributed by atoms with Crippen LogP contribution in [0.25, 0.3) is 10.9 Å². The Kier molecular flexibility index (Phi) is 4.88. The van der Waals surface area contributed by atoms with Crippen LogP contribution < -0.4 is 5.32 Å². The summed E-state index contributed by atoms with van der Waals surface area (Å²) in [4.78, 5) is 27.1. The van der Waals surface area contributed by atoms with Crippen LogP contribution in [0.5, 0.6) is 0 Å². The molecule has 5 nitrogen and oxygen atoms in total. The lowest BCUT2D eigenvalue weighted by Gasteiger charge is -2.34. The van der Waals surface area contributed by atoms with Gasteiger partial charge in [0.25, 0.3) is 0 Å². The van der Waals surface area contributed by atoms with E-state index in [4.69, 9.17) is 0 Å². The molecular formula is C19H24N2O3. The highest BCUT2D eigenvalue weighted by Gasteiger charge is 2.40. The van der Waals surface area contributed by atoms with Crippen molar-refractivity contribution in [1.82, 2.24) is 10.3 Å². The molecule has 0 bridgehead atoms. The largest absolute Gasteiger partial charge is 0.480 e. The summed E-state index contributed by atoms with van der Waals surface area (Å²) in [6.07, 6.45) is 7.71. The van der Waals surface area contributed by atoms with Gasteiger partial charge in [-0.05, 0) is 37.3 Å². The predicted molar refractivity (Wildman–Crippen MR) is 92.8 cm³/mol. The molecule has 3 N–H and O–H groups in total. The molecule has 2 aromatic rings. The summed E-state index contributed by atoms with van der Waals surface area (Å²) in [6, 6.07) is 8.10. The third-order valence-electron chi connectivity index (χ3n) is 5.02. The molecular weight excluding hydrogens is 304 g/mol. The highest BCUT2D eigenvalue weighted by molar-refractivity contribution is 5.87. The molecule has 1 aromatic heterocycles. The Labute approximate surface area is 141 Å². The predicted octanol–water partition coefficient (Wildman–Crippen LogP) is 3.39. The summed E-state index contributed by atoms with van der Waals surface area (Å²) in [5.41, 5.74) is 1.25. The fraction of sp³-hybridized carbons (Fsp3) is 0.474. The Morgan fingerprint density at radius 1 is 1.17 bits per heavy atom. The number of carboxylic acids is 1. The van der Waals surface area contributed by atoms with Crippen molar-refractivity contribution in [2.75, 3.05) is 0 Å². The lowest BCUT2D eigenvalue weighted by atomic mass is 9.81. The monoisotopic (exact) mass is 328 g/mol. The number of carbonyl (C=O) groups is 2. The van der Waals surface area contributed by atoms with Gasteiger partial charge in [0, 0.05) is 23.5 Å². The minimum Gasteiger partial charge on any atom is -0.480 e. The number of benzene rings is 1. The molecule has 3 rings (SSSR count). The van der Waals surface area contributed by atoms with E-state index in [9.17, 15) is 14.7 Å². The first-order valence-corrected chi connectivity index (χ1v) is 8.70. The molecule has 0 saturated heterocycles. The van der Waals surface area contributed by atoms with E-state index in [0.29, 0.717) is 25.7 Å². The number of aryl methyl sites for hydroxylation is 1. The van der Waals surface area contributed by atoms with Gasteiger partial charge in [0.2, 0.25) is 5.91 Å². The van der Waals surface area contributed by atoms with Crippen molar-refractivity contribution < 1.29 is 14.7 Å². The number of hydrogen-bond acceptors (Lipinski definition) is 2. The third-order valence-corrected chi connectivity index (χ3v) is 5.02. The van der Waals surface area contributed by atoms with Crippen molar-refractivity contribution in [2.24, 2.45) is 0 Å². The first kappa shape index (κ1) is 16.6. The fourth-order valence-electron chi connectivity index (χ4n) is 3.65. The molecule has 1 aliphatic carbocycles. The SMILES string of the molecule is O=C(CCCc1c[nH]c2ccccc12)NC1(C(=O)O)CCCCC1. The molecule has 0 unspecified atom stereocenters. The Morgan fingerprint density at radius 3 is 2.67 bits per heavy atom. The van der Waals surface area contributed by atoms with Gasteiger partial charge >= 0.3 is 5.97 Å². The lowest BCUT2D eigenvalue weighted by molar-refractivity contribution is -0.149. The second-order valence-electron chi connectivity index (χ2n) is 6.71. The number of hydrogen-bond donors (Lipinski definition) is 3. The molecule has 128 valence electrons. The number of rotatable bonds is 6. The summed E-state index contributed by atoms with van der Waals surface area (Å²) < 4.78 is 0. The number of para-hydroxylation sites is 1. The summed E-state index contributed by atoms with van der Waals surface area (Å²) in [7, 11) is 0. The molecule has 1 aliphatic rings. The van der Waals surface area contributed by atoms with E-state index in [1.807, 2.05) is 24.4 Å². The quantitative estimate of drug-likeness (QED) is 0.760. The molecule has 0 spiro atoms. The summed E-state index contributed by atoms with van der Waals surface area (Å²) >= 11 is 0. The smallest absolute Gasteiger partial charge is 0.329 e. The van der Waals surface area contributed by atoms with Gasteiger partial charge in [-0.1, -0.05) is 37.5 Å². The van der Waals surface area contributed by atoms with Crippen molar-refractivity contribution in [1.29, 1.82) is 0 Å². The summed E-state index contributed by atoms with van der Waals surface area (Å²) in [5.74, 6) is -1.05. The maximum Gasteiger partial charge on any atom is 0.329 e. The van der Waals surface area contributed by atoms with Gasteiger partial charge in [-0.2, -0.15) is 0 Å². The summed E-state index contributed by atoms with van der Waals surface area (Å²) in [6.45, 7) is 0. The maximum atomic E-state index is 12.2. The van der Waals surface area contributed by atoms with E-state index >= 15 is 0 Å². The molecule has 1 fully saturated rings. The van der Waals surface area contributed by atoms with Crippen LogP contribution in [0.3, 0.4) is 0 Å². The van der Waals surface area contributed by atoms with Crippen LogP contribution in [0, 0.1) is 0 Å². The zero-order valence-corrected chi connectivity index (χ0v) is 13.8. The number of amides is 1. The van der Waals surface area contributed by atoms with Gasteiger partial charge in [0.05, 0.1) is 0 Å². The van der Waals surface area contributed by atoms with Gasteiger partial charge in [-0.3, -0.25) is 4.79 Å². The summed E-state index contributed by atoms with van der Waals surface area (Å²) in [5, 5.41) is 13.5. The Hall–Kier alpha value is -2.30. The molecule has 0 atom stereocenters. The lowest BCUT2D eigenvalue weighted by Crippen LogP contribution is -2.55. The van der Waals surface area contributed by atoms with Crippen molar-refractivity contribution in [3.8, 4) is 0 Å². The first-order chi connectivity index (χ1) is 11.6. The van der Waals surface area contributed by atoms with Crippen LogP contribution in [0.4, 0.5) is 0 Å². The van der Waals surface area contributed by atoms with Crippen LogP contribution >= 0.6 is 0 Å². The van der Waals surface area contributed by atoms with Gasteiger partial charge in [-0.15, -0.1) is 0 Å². The number of nitrogens with one attached hydrogen (secondary N) is 2. The van der Waals surface area contributed by atoms with E-state index in [1.165, 1.54) is 10.9 Å². The Bertz CT molecular complexity index is 729. The van der Waals surface area contributed by atoms with Crippen molar-refractivity contribution >= 4 is 22.8 Å². The van der Waals surface area contributed by atoms with Crippen molar-refractivity contribution in [2.45, 2.75) is 56.9 Å². The number of carboxylic acid groups (broad SMARTS) is 1. The molecule has 0 aliphatic heterocycles. The highest BCUT2D eigenvalue weighted by Crippen LogP contribution is 2.28. The third kappa shape index (κ3) is 3.45. The van der Waals surface area contributed by atoms with Gasteiger partial charge in [0.1, 0.15) is 5.54 Å². The van der Waals surface area contributed by atoms with Crippen molar-refractivity contribution in [3.63, 3.8) is 0 Å². The molecule has 1 saturated carbocycles. The Morgan fingerprint density at radius 2 is 1.92 bits per heavy atom. The molecule has 5 heteroatoms. The molecule has 24 heavy (non-hydrogen) atoms. The van der Waals surface area contributed by atoms with E-state index in [0.717, 1.165) is 31.2 Å². The number of H-pyrrole nitrogens is 1. The molecule has 1 amide bonds. The second-order valence-corrected chi connectivity index (χ2v) is 6.71. The average molecular weight is 328 g/mol. The minimum absolute atomic E-state index is 0.154. The number of aliphatic carboxylic acids is 1. The topological polar surface area (TPSA) is 82.2 Å². The number of fused-ring (bicyclic) bond motifs is 1. The fourth-order valence-corrected chi connectivity index (χ4v) is 3.65. The van der Waals surface area contributed by atoms with E-state index in [-0.39, 0.29) is 5.91 Å². The first-order valence-electron chi connectivity index (χ1n) is 8.70. The van der Waals surface area contributed by atoms with E-state index in [2.05, 4.69) is 16.4 Å². The zero-order valence-electron chi connectivity index (χ0n) is 13.8. The van der Waals surface area contributed by atoms with Gasteiger partial charge in [-0.25, -0.2) is 4.79 Å².